The van der Waals surface area contributed by atoms with E-state index in [1.165, 1.54) is 17.3 Å². The van der Waals surface area contributed by atoms with Crippen molar-refractivity contribution in [1.29, 1.82) is 0 Å². The molecule has 146 valence electrons. The second-order valence-electron chi connectivity index (χ2n) is 6.74. The third-order valence-electron chi connectivity index (χ3n) is 4.42. The van der Waals surface area contributed by atoms with Crippen LogP contribution in [0.15, 0.2) is 65.0 Å². The van der Waals surface area contributed by atoms with E-state index in [2.05, 4.69) is 46.5 Å². The van der Waals surface area contributed by atoms with Gasteiger partial charge >= 0.3 is 0 Å². The highest BCUT2D eigenvalue weighted by Crippen LogP contribution is 2.29. The summed E-state index contributed by atoms with van der Waals surface area (Å²) in [6, 6.07) is 17.5. The molecule has 0 radical (unpaired) electrons. The van der Waals surface area contributed by atoms with Crippen molar-refractivity contribution in [3.8, 4) is 11.3 Å². The first-order chi connectivity index (χ1) is 14.1. The summed E-state index contributed by atoms with van der Waals surface area (Å²) in [6.07, 6.45) is 0.627. The Morgan fingerprint density at radius 2 is 1.86 bits per heavy atom. The Labute approximate surface area is 177 Å². The van der Waals surface area contributed by atoms with E-state index in [0.29, 0.717) is 6.42 Å². The predicted octanol–water partition coefficient (Wildman–Crippen LogP) is 4.73. The second kappa shape index (κ2) is 8.71. The summed E-state index contributed by atoms with van der Waals surface area (Å²) < 4.78 is 0. The van der Waals surface area contributed by atoms with Crippen LogP contribution in [0.25, 0.3) is 11.3 Å². The SMILES string of the molecule is Cc1ccc(-c2csc(CC3=NC(=O)C(CC(=O)Nc4ccccc4)S3)n2)cc1. The van der Waals surface area contributed by atoms with Gasteiger partial charge in [-0.15, -0.1) is 11.3 Å². The molecule has 1 aliphatic heterocycles. The molecule has 7 heteroatoms. The molecule has 0 aliphatic carbocycles. The second-order valence-corrected chi connectivity index (χ2v) is 8.96. The molecule has 3 aromatic rings. The maximum absolute atomic E-state index is 12.2. The van der Waals surface area contributed by atoms with Gasteiger partial charge in [0, 0.05) is 29.5 Å². The van der Waals surface area contributed by atoms with E-state index >= 15 is 0 Å². The van der Waals surface area contributed by atoms with Crippen LogP contribution < -0.4 is 5.32 Å². The zero-order valence-electron chi connectivity index (χ0n) is 15.8. The molecule has 4 rings (SSSR count). The third-order valence-corrected chi connectivity index (χ3v) is 6.43. The van der Waals surface area contributed by atoms with E-state index in [-0.39, 0.29) is 18.2 Å². The van der Waals surface area contributed by atoms with E-state index < -0.39 is 5.25 Å². The number of hydrogen-bond donors (Lipinski definition) is 1. The van der Waals surface area contributed by atoms with Gasteiger partial charge in [0.1, 0.15) is 5.25 Å². The lowest BCUT2D eigenvalue weighted by Gasteiger charge is -2.08. The molecule has 1 aromatic heterocycles. The van der Waals surface area contributed by atoms with Crippen molar-refractivity contribution < 1.29 is 9.59 Å². The van der Waals surface area contributed by atoms with Crippen LogP contribution in [-0.2, 0) is 16.0 Å². The number of para-hydroxylation sites is 1. The minimum Gasteiger partial charge on any atom is -0.326 e. The van der Waals surface area contributed by atoms with Gasteiger partial charge < -0.3 is 5.32 Å². The Morgan fingerprint density at radius 1 is 1.10 bits per heavy atom. The molecular formula is C22H19N3O2S2. The number of aromatic nitrogens is 1. The van der Waals surface area contributed by atoms with Crippen LogP contribution >= 0.6 is 23.1 Å². The number of anilines is 1. The summed E-state index contributed by atoms with van der Waals surface area (Å²) >= 11 is 2.92. The number of nitrogens with one attached hydrogen (secondary N) is 1. The van der Waals surface area contributed by atoms with Gasteiger partial charge in [-0.05, 0) is 19.1 Å². The summed E-state index contributed by atoms with van der Waals surface area (Å²) in [7, 11) is 0. The molecule has 0 bridgehead atoms. The molecule has 1 atom stereocenters. The fraction of sp³-hybridized carbons (Fsp3) is 0.182. The summed E-state index contributed by atoms with van der Waals surface area (Å²) in [5.74, 6) is -0.432. The van der Waals surface area contributed by atoms with Crippen molar-refractivity contribution >= 4 is 45.6 Å². The van der Waals surface area contributed by atoms with Gasteiger partial charge in [-0.3, -0.25) is 9.59 Å². The lowest BCUT2D eigenvalue weighted by Crippen LogP contribution is -2.21. The number of thioether (sulfide) groups is 1. The van der Waals surface area contributed by atoms with E-state index in [1.807, 2.05) is 35.7 Å². The standard InChI is InChI=1S/C22H19N3O2S2/c1-14-7-9-15(10-8-14)17-13-28-20(24-17)12-21-25-22(27)18(29-21)11-19(26)23-16-5-3-2-4-6-16/h2-10,13,18H,11-12H2,1H3,(H,23,26). The number of carbonyl (C=O) groups is 2. The molecule has 0 spiro atoms. The minimum atomic E-state index is -0.467. The van der Waals surface area contributed by atoms with Gasteiger partial charge in [0.05, 0.1) is 15.7 Å². The maximum Gasteiger partial charge on any atom is 0.260 e. The average Bonchev–Trinajstić information content (AvgIpc) is 3.30. The number of carbonyl (C=O) groups excluding carboxylic acids is 2. The van der Waals surface area contributed by atoms with Crippen molar-refractivity contribution in [2.75, 3.05) is 5.32 Å². The number of amides is 2. The lowest BCUT2D eigenvalue weighted by atomic mass is 10.1. The Morgan fingerprint density at radius 3 is 2.62 bits per heavy atom. The molecule has 1 unspecified atom stereocenters. The normalized spacial score (nSPS) is 16.0. The number of aliphatic imine (C=N–C) groups is 1. The quantitative estimate of drug-likeness (QED) is 0.625. The van der Waals surface area contributed by atoms with Crippen LogP contribution in [0.5, 0.6) is 0 Å². The van der Waals surface area contributed by atoms with Gasteiger partial charge in [0.2, 0.25) is 5.91 Å². The Kier molecular flexibility index (Phi) is 5.87. The fourth-order valence-corrected chi connectivity index (χ4v) is 4.90. The molecule has 1 N–H and O–H groups in total. The zero-order valence-corrected chi connectivity index (χ0v) is 17.4. The van der Waals surface area contributed by atoms with E-state index in [0.717, 1.165) is 27.0 Å². The molecule has 29 heavy (non-hydrogen) atoms. The largest absolute Gasteiger partial charge is 0.326 e. The molecule has 5 nitrogen and oxygen atoms in total. The van der Waals surface area contributed by atoms with E-state index in [9.17, 15) is 9.59 Å². The van der Waals surface area contributed by atoms with Crippen molar-refractivity contribution in [2.45, 2.75) is 25.0 Å². The van der Waals surface area contributed by atoms with Crippen molar-refractivity contribution in [2.24, 2.45) is 4.99 Å². The zero-order chi connectivity index (χ0) is 20.2. The van der Waals surface area contributed by atoms with Gasteiger partial charge in [0.15, 0.2) is 0 Å². The molecular weight excluding hydrogens is 402 g/mol. The lowest BCUT2D eigenvalue weighted by molar-refractivity contribution is -0.121. The predicted molar refractivity (Wildman–Crippen MR) is 120 cm³/mol. The summed E-state index contributed by atoms with van der Waals surface area (Å²) in [6.45, 7) is 2.05. The number of nitrogens with zero attached hydrogens (tertiary/aromatic N) is 2. The molecule has 2 amide bonds. The van der Waals surface area contributed by atoms with Crippen molar-refractivity contribution in [1.82, 2.24) is 4.98 Å². The number of thiazole rings is 1. The first-order valence-electron chi connectivity index (χ1n) is 9.21. The summed E-state index contributed by atoms with van der Waals surface area (Å²) in [5, 5.41) is 6.00. The molecule has 2 aromatic carbocycles. The maximum atomic E-state index is 12.2. The Balaban J connectivity index is 1.34. The van der Waals surface area contributed by atoms with Crippen molar-refractivity contribution in [3.63, 3.8) is 0 Å². The highest BCUT2D eigenvalue weighted by molar-refractivity contribution is 8.15. The number of aryl methyl sites for hydroxylation is 1. The highest BCUT2D eigenvalue weighted by atomic mass is 32.2. The van der Waals surface area contributed by atoms with Crippen LogP contribution in [0, 0.1) is 6.92 Å². The van der Waals surface area contributed by atoms with E-state index in [4.69, 9.17) is 0 Å². The van der Waals surface area contributed by atoms with Gasteiger partial charge in [0.25, 0.3) is 5.91 Å². The molecule has 1 aliphatic rings. The number of rotatable bonds is 6. The fourth-order valence-electron chi connectivity index (χ4n) is 2.93. The van der Waals surface area contributed by atoms with E-state index in [1.54, 1.807) is 11.3 Å². The summed E-state index contributed by atoms with van der Waals surface area (Å²) in [4.78, 5) is 33.3. The number of hydrogen-bond acceptors (Lipinski definition) is 5. The molecule has 2 heterocycles. The smallest absolute Gasteiger partial charge is 0.260 e. The van der Waals surface area contributed by atoms with Crippen LogP contribution in [-0.4, -0.2) is 27.1 Å². The topological polar surface area (TPSA) is 71.4 Å². The first kappa shape index (κ1) is 19.5. The molecule has 0 fully saturated rings. The van der Waals surface area contributed by atoms with Crippen LogP contribution in [0.1, 0.15) is 17.0 Å². The van der Waals surface area contributed by atoms with Crippen LogP contribution in [0.3, 0.4) is 0 Å². The minimum absolute atomic E-state index is 0.109. The average molecular weight is 422 g/mol. The Bertz CT molecular complexity index is 1060. The molecule has 0 saturated carbocycles. The monoisotopic (exact) mass is 421 g/mol. The molecule has 0 saturated heterocycles. The first-order valence-corrected chi connectivity index (χ1v) is 11.0. The highest BCUT2D eigenvalue weighted by Gasteiger charge is 2.30. The third kappa shape index (κ3) is 4.99. The number of benzene rings is 2. The van der Waals surface area contributed by atoms with Gasteiger partial charge in [-0.2, -0.15) is 0 Å². The van der Waals surface area contributed by atoms with Crippen LogP contribution in [0.2, 0.25) is 0 Å². The van der Waals surface area contributed by atoms with Crippen molar-refractivity contribution in [3.05, 3.63) is 70.5 Å². The Hall–Kier alpha value is -2.77. The van der Waals surface area contributed by atoms with Crippen LogP contribution in [0.4, 0.5) is 5.69 Å². The van der Waals surface area contributed by atoms with Gasteiger partial charge in [-0.1, -0.05) is 59.8 Å². The van der Waals surface area contributed by atoms with Gasteiger partial charge in [-0.25, -0.2) is 9.98 Å². The summed E-state index contributed by atoms with van der Waals surface area (Å²) in [5.41, 5.74) is 3.94.